The van der Waals surface area contributed by atoms with Gasteiger partial charge in [0.1, 0.15) is 23.8 Å². The molecule has 2 heterocycles. The fourth-order valence-corrected chi connectivity index (χ4v) is 3.94. The smallest absolute Gasteiger partial charge is 0.254 e. The van der Waals surface area contributed by atoms with Crippen molar-refractivity contribution in [3.05, 3.63) is 48.0 Å². The summed E-state index contributed by atoms with van der Waals surface area (Å²) in [6, 6.07) is 5.18. The molecule has 2 aliphatic rings. The number of rotatable bonds is 5. The lowest BCUT2D eigenvalue weighted by Gasteiger charge is -2.37. The molecule has 0 spiro atoms. The summed E-state index contributed by atoms with van der Waals surface area (Å²) in [7, 11) is 0. The number of aromatic nitrogens is 2. The Morgan fingerprint density at radius 3 is 2.93 bits per heavy atom. The van der Waals surface area contributed by atoms with E-state index in [1.54, 1.807) is 12.1 Å². The van der Waals surface area contributed by atoms with Crippen LogP contribution in [-0.4, -0.2) is 76.7 Å². The maximum atomic E-state index is 13.5. The zero-order valence-electron chi connectivity index (χ0n) is 15.3. The molecule has 1 aliphatic heterocycles. The van der Waals surface area contributed by atoms with Gasteiger partial charge in [0.05, 0.1) is 37.1 Å². The van der Waals surface area contributed by atoms with E-state index in [0.717, 1.165) is 0 Å². The molecule has 8 nitrogen and oxygen atoms in total. The highest BCUT2D eigenvalue weighted by atomic mass is 19.1. The number of ether oxygens (including phenoxy) is 2. The van der Waals surface area contributed by atoms with Crippen molar-refractivity contribution in [3.8, 4) is 5.75 Å². The molecule has 1 amide bonds. The lowest BCUT2D eigenvalue weighted by atomic mass is 10.1. The van der Waals surface area contributed by atoms with Crippen LogP contribution in [-0.2, 0) is 4.74 Å². The Labute approximate surface area is 161 Å². The van der Waals surface area contributed by atoms with Crippen molar-refractivity contribution >= 4 is 5.91 Å². The fourth-order valence-electron chi connectivity index (χ4n) is 3.94. The molecule has 1 saturated heterocycles. The number of nitrogens with one attached hydrogen (secondary N) is 2. The molecule has 1 aromatic heterocycles. The minimum absolute atomic E-state index is 0.268. The second-order valence-electron chi connectivity index (χ2n) is 7.05. The molecule has 1 aromatic carbocycles. The summed E-state index contributed by atoms with van der Waals surface area (Å²) >= 11 is 0. The summed E-state index contributed by atoms with van der Waals surface area (Å²) in [6.45, 7) is 2.46. The van der Waals surface area contributed by atoms with E-state index in [4.69, 9.17) is 9.47 Å². The van der Waals surface area contributed by atoms with Crippen molar-refractivity contribution in [1.82, 2.24) is 20.4 Å². The van der Waals surface area contributed by atoms with E-state index in [2.05, 4.69) is 20.4 Å². The van der Waals surface area contributed by atoms with Crippen molar-refractivity contribution in [2.24, 2.45) is 0 Å². The monoisotopic (exact) mass is 390 g/mol. The normalized spacial score (nSPS) is 28.2. The number of morpholine rings is 1. The van der Waals surface area contributed by atoms with Gasteiger partial charge in [-0.3, -0.25) is 14.8 Å². The van der Waals surface area contributed by atoms with Gasteiger partial charge in [-0.05, 0) is 12.1 Å². The first-order valence-corrected chi connectivity index (χ1v) is 9.33. The first-order valence-electron chi connectivity index (χ1n) is 9.33. The largest absolute Gasteiger partial charge is 0.487 e. The first kappa shape index (κ1) is 18.9. The van der Waals surface area contributed by atoms with Gasteiger partial charge in [0.15, 0.2) is 0 Å². The van der Waals surface area contributed by atoms with E-state index >= 15 is 0 Å². The predicted octanol–water partition coefficient (Wildman–Crippen LogP) is 0.560. The van der Waals surface area contributed by atoms with Gasteiger partial charge in [-0.1, -0.05) is 6.07 Å². The quantitative estimate of drug-likeness (QED) is 0.690. The second kappa shape index (κ2) is 8.26. The van der Waals surface area contributed by atoms with E-state index in [1.165, 1.54) is 24.5 Å². The minimum Gasteiger partial charge on any atom is -0.487 e. The lowest BCUT2D eigenvalue weighted by molar-refractivity contribution is -0.0350. The third kappa shape index (κ3) is 4.01. The first-order chi connectivity index (χ1) is 13.6. The van der Waals surface area contributed by atoms with Gasteiger partial charge in [0, 0.05) is 31.8 Å². The molecule has 1 saturated carbocycles. The number of carbonyl (C=O) groups is 1. The van der Waals surface area contributed by atoms with Crippen molar-refractivity contribution in [2.45, 2.75) is 30.7 Å². The summed E-state index contributed by atoms with van der Waals surface area (Å²) in [5.41, 5.74) is 0.421. The zero-order chi connectivity index (χ0) is 19.5. The predicted molar refractivity (Wildman–Crippen MR) is 97.5 cm³/mol. The Bertz CT molecular complexity index is 797. The number of nitrogens with zero attached hydrogens (tertiary/aromatic N) is 2. The van der Waals surface area contributed by atoms with Crippen LogP contribution in [0.5, 0.6) is 5.75 Å². The lowest BCUT2D eigenvalue weighted by Crippen LogP contribution is -2.56. The summed E-state index contributed by atoms with van der Waals surface area (Å²) in [4.78, 5) is 14.6. The number of amides is 1. The molecule has 4 atom stereocenters. The minimum atomic E-state index is -0.837. The molecule has 4 rings (SSSR count). The molecule has 1 aliphatic carbocycles. The third-order valence-electron chi connectivity index (χ3n) is 5.26. The third-order valence-corrected chi connectivity index (χ3v) is 5.26. The van der Waals surface area contributed by atoms with Crippen LogP contribution < -0.4 is 10.1 Å². The van der Waals surface area contributed by atoms with E-state index in [9.17, 15) is 14.3 Å². The van der Waals surface area contributed by atoms with Gasteiger partial charge in [0.2, 0.25) is 0 Å². The number of aliphatic hydroxyl groups excluding tert-OH is 1. The summed E-state index contributed by atoms with van der Waals surface area (Å²) in [6.07, 6.45) is 1.97. The Hall–Kier alpha value is -2.49. The number of aromatic amines is 1. The standard InChI is InChI=1S/C19H23FN4O4/c20-13-2-1-3-14(8-13)28-16-9-15(23-19(26)12-10-21-22-11-12)17(18(16)25)24-4-6-27-7-5-24/h1-3,8,10-11,15-18,25H,4-7,9H2,(H,21,22)(H,23,26)/t15-,16-,17+,18+/m1/s1. The average Bonchev–Trinajstić information content (AvgIpc) is 3.32. The number of halogens is 1. The van der Waals surface area contributed by atoms with Crippen LogP contribution in [0, 0.1) is 5.82 Å². The van der Waals surface area contributed by atoms with Gasteiger partial charge < -0.3 is 19.9 Å². The van der Waals surface area contributed by atoms with Crippen LogP contribution in [0.2, 0.25) is 0 Å². The van der Waals surface area contributed by atoms with Crippen molar-refractivity contribution in [2.75, 3.05) is 26.3 Å². The number of hydrogen-bond acceptors (Lipinski definition) is 6. The average molecular weight is 390 g/mol. The topological polar surface area (TPSA) is 99.7 Å². The maximum Gasteiger partial charge on any atom is 0.254 e. The number of hydrogen-bond donors (Lipinski definition) is 3. The molecule has 0 bridgehead atoms. The Balaban J connectivity index is 1.52. The summed E-state index contributed by atoms with van der Waals surface area (Å²) in [5, 5.41) is 20.4. The van der Waals surface area contributed by atoms with Crippen molar-refractivity contribution < 1.29 is 23.8 Å². The van der Waals surface area contributed by atoms with Crippen LogP contribution in [0.3, 0.4) is 0 Å². The Kier molecular flexibility index (Phi) is 5.56. The number of carbonyl (C=O) groups excluding carboxylic acids is 1. The zero-order valence-corrected chi connectivity index (χ0v) is 15.3. The highest BCUT2D eigenvalue weighted by Gasteiger charge is 2.47. The molecule has 150 valence electrons. The van der Waals surface area contributed by atoms with Gasteiger partial charge in [0.25, 0.3) is 5.91 Å². The number of H-pyrrole nitrogens is 1. The van der Waals surface area contributed by atoms with Gasteiger partial charge in [-0.25, -0.2) is 4.39 Å². The molecule has 0 radical (unpaired) electrons. The van der Waals surface area contributed by atoms with Crippen LogP contribution in [0.15, 0.2) is 36.7 Å². The van der Waals surface area contributed by atoms with Crippen LogP contribution in [0.25, 0.3) is 0 Å². The SMILES string of the molecule is O=C(N[C@@H]1C[C@@H](Oc2cccc(F)c2)[C@H](O)[C@H]1N1CCOCC1)c1cn[nH]c1. The second-order valence-corrected chi connectivity index (χ2v) is 7.05. The summed E-state index contributed by atoms with van der Waals surface area (Å²) < 4.78 is 24.8. The van der Waals surface area contributed by atoms with Crippen LogP contribution in [0.4, 0.5) is 4.39 Å². The van der Waals surface area contributed by atoms with E-state index in [0.29, 0.717) is 44.0 Å². The van der Waals surface area contributed by atoms with Gasteiger partial charge >= 0.3 is 0 Å². The fraction of sp³-hybridized carbons (Fsp3) is 0.474. The van der Waals surface area contributed by atoms with E-state index < -0.39 is 18.0 Å². The molecule has 3 N–H and O–H groups in total. The molecule has 2 fully saturated rings. The Morgan fingerprint density at radius 2 is 2.21 bits per heavy atom. The van der Waals surface area contributed by atoms with Crippen LogP contribution >= 0.6 is 0 Å². The van der Waals surface area contributed by atoms with Crippen molar-refractivity contribution in [3.63, 3.8) is 0 Å². The molecule has 28 heavy (non-hydrogen) atoms. The molecular formula is C19H23FN4O4. The van der Waals surface area contributed by atoms with Gasteiger partial charge in [-0.15, -0.1) is 0 Å². The maximum absolute atomic E-state index is 13.5. The Morgan fingerprint density at radius 1 is 1.39 bits per heavy atom. The molecule has 9 heteroatoms. The number of benzene rings is 1. The van der Waals surface area contributed by atoms with Crippen LogP contribution in [0.1, 0.15) is 16.8 Å². The highest BCUT2D eigenvalue weighted by molar-refractivity contribution is 5.93. The van der Waals surface area contributed by atoms with E-state index in [1.807, 2.05) is 0 Å². The number of aliphatic hydroxyl groups is 1. The summed E-state index contributed by atoms with van der Waals surface area (Å²) in [5.74, 6) is -0.318. The van der Waals surface area contributed by atoms with Crippen molar-refractivity contribution in [1.29, 1.82) is 0 Å². The molecule has 0 unspecified atom stereocenters. The van der Waals surface area contributed by atoms with E-state index in [-0.39, 0.29) is 18.0 Å². The van der Waals surface area contributed by atoms with Gasteiger partial charge in [-0.2, -0.15) is 5.10 Å². The molecular weight excluding hydrogens is 367 g/mol. The highest BCUT2D eigenvalue weighted by Crippen LogP contribution is 2.30. The molecule has 2 aromatic rings.